The first-order chi connectivity index (χ1) is 18.0. The normalized spacial score (nSPS) is 19.9. The average molecular weight is 505 g/mol. The lowest BCUT2D eigenvalue weighted by Crippen LogP contribution is -2.58. The monoisotopic (exact) mass is 504 g/mol. The number of aryl methyl sites for hydroxylation is 2. The zero-order valence-corrected chi connectivity index (χ0v) is 22.7. The molecule has 198 valence electrons. The molecule has 0 aliphatic carbocycles. The van der Waals surface area contributed by atoms with Gasteiger partial charge in [0, 0.05) is 44.8 Å². The predicted molar refractivity (Wildman–Crippen MR) is 147 cm³/mol. The molecule has 2 aliphatic heterocycles. The highest BCUT2D eigenvalue weighted by atomic mass is 16.4. The van der Waals surface area contributed by atoms with Crippen LogP contribution in [0.2, 0.25) is 0 Å². The van der Waals surface area contributed by atoms with E-state index in [2.05, 4.69) is 68.3 Å². The summed E-state index contributed by atoms with van der Waals surface area (Å²) in [4.78, 5) is 17.3. The van der Waals surface area contributed by atoms with Crippen molar-refractivity contribution in [2.24, 2.45) is 0 Å². The Morgan fingerprint density at radius 3 is 2.49 bits per heavy atom. The van der Waals surface area contributed by atoms with E-state index in [-0.39, 0.29) is 0 Å². The van der Waals surface area contributed by atoms with Crippen LogP contribution in [0.1, 0.15) is 49.9 Å². The molecule has 2 saturated heterocycles. The lowest BCUT2D eigenvalue weighted by Gasteiger charge is -2.47. The van der Waals surface area contributed by atoms with Crippen molar-refractivity contribution in [3.8, 4) is 11.6 Å². The van der Waals surface area contributed by atoms with Gasteiger partial charge in [0.2, 0.25) is 0 Å². The molecule has 0 saturated carbocycles. The van der Waals surface area contributed by atoms with Gasteiger partial charge in [0.1, 0.15) is 11.5 Å². The highest BCUT2D eigenvalue weighted by Gasteiger charge is 2.34. The Morgan fingerprint density at radius 1 is 1.00 bits per heavy atom. The highest BCUT2D eigenvalue weighted by Crippen LogP contribution is 2.28. The van der Waals surface area contributed by atoms with E-state index >= 15 is 0 Å². The molecule has 2 aliphatic rings. The average Bonchev–Trinajstić information content (AvgIpc) is 3.39. The third kappa shape index (κ3) is 5.93. The molecule has 0 bridgehead atoms. The Kier molecular flexibility index (Phi) is 8.00. The van der Waals surface area contributed by atoms with E-state index in [0.717, 1.165) is 50.7 Å². The smallest absolute Gasteiger partial charge is 0.315 e. The van der Waals surface area contributed by atoms with Crippen molar-refractivity contribution < 1.29 is 4.42 Å². The van der Waals surface area contributed by atoms with Crippen molar-refractivity contribution in [3.63, 3.8) is 0 Å². The zero-order chi connectivity index (χ0) is 25.8. The van der Waals surface area contributed by atoms with Crippen LogP contribution in [0.3, 0.4) is 0 Å². The molecule has 5 rings (SSSR count). The van der Waals surface area contributed by atoms with E-state index in [1.165, 1.54) is 37.1 Å². The number of nitrogens with zero attached hydrogens (tertiary/aromatic N) is 7. The summed E-state index contributed by atoms with van der Waals surface area (Å²) >= 11 is 0. The summed E-state index contributed by atoms with van der Waals surface area (Å²) in [5, 5.41) is 11.1. The molecule has 37 heavy (non-hydrogen) atoms. The molecule has 2 fully saturated rings. The lowest BCUT2D eigenvalue weighted by atomic mass is 9.97. The molecule has 0 amide bonds. The number of hydrogen-bond acceptors (Lipinski definition) is 9. The minimum atomic E-state index is 0.392. The maximum Gasteiger partial charge on any atom is 0.315 e. The maximum absolute atomic E-state index is 5.65. The molecule has 1 aromatic carbocycles. The third-order valence-electron chi connectivity index (χ3n) is 7.74. The summed E-state index contributed by atoms with van der Waals surface area (Å²) < 4.78 is 5.65. The molecule has 3 aromatic rings. The molecule has 9 heteroatoms. The van der Waals surface area contributed by atoms with Crippen LogP contribution < -0.4 is 10.2 Å². The lowest BCUT2D eigenvalue weighted by molar-refractivity contribution is 0.0610. The minimum Gasteiger partial charge on any atom is -0.402 e. The van der Waals surface area contributed by atoms with E-state index in [1.807, 2.05) is 13.8 Å². The fraction of sp³-hybridized carbons (Fsp3) is 0.571. The summed E-state index contributed by atoms with van der Waals surface area (Å²) in [5.41, 5.74) is 4.26. The second-order valence-corrected chi connectivity index (χ2v) is 10.3. The quantitative estimate of drug-likeness (QED) is 0.486. The second kappa shape index (κ2) is 11.6. The Balaban J connectivity index is 1.18. The van der Waals surface area contributed by atoms with E-state index in [0.29, 0.717) is 29.7 Å². The van der Waals surface area contributed by atoms with Crippen molar-refractivity contribution in [2.45, 2.75) is 65.6 Å². The molecule has 0 radical (unpaired) electrons. The summed E-state index contributed by atoms with van der Waals surface area (Å²) in [6, 6.07) is 10.6. The fourth-order valence-corrected chi connectivity index (χ4v) is 5.70. The largest absolute Gasteiger partial charge is 0.402 e. The number of hydrogen-bond donors (Lipinski definition) is 1. The van der Waals surface area contributed by atoms with Gasteiger partial charge >= 0.3 is 6.01 Å². The van der Waals surface area contributed by atoms with Gasteiger partial charge in [-0.05, 0) is 58.7 Å². The number of piperazine rings is 1. The standard InChI is InChI=1S/C28H40N8O/c1-5-23-19-35(26-21(4)31-25(17-30-26)27-32-33-28(37-27)29-6-2)15-16-36(23)24-11-13-34(14-12-24)18-22-9-7-20(3)8-10-22/h7-10,17,23-24H,5-6,11-16,18-19H2,1-4H3,(H,29,33)/t23-/m0/s1. The van der Waals surface area contributed by atoms with Gasteiger partial charge in [0.05, 0.1) is 11.9 Å². The number of rotatable bonds is 8. The first-order valence-corrected chi connectivity index (χ1v) is 13.7. The van der Waals surface area contributed by atoms with Crippen LogP contribution in [-0.2, 0) is 6.54 Å². The van der Waals surface area contributed by atoms with Crippen LogP contribution in [0.5, 0.6) is 0 Å². The first-order valence-electron chi connectivity index (χ1n) is 13.7. The van der Waals surface area contributed by atoms with Gasteiger partial charge in [-0.3, -0.25) is 9.80 Å². The summed E-state index contributed by atoms with van der Waals surface area (Å²) in [6.45, 7) is 15.6. The third-order valence-corrected chi connectivity index (χ3v) is 7.74. The van der Waals surface area contributed by atoms with Gasteiger partial charge in [-0.1, -0.05) is 41.9 Å². The molecule has 0 unspecified atom stereocenters. The SMILES string of the molecule is CCNc1nnc(-c2cnc(N3CCN(C4CCN(Cc5ccc(C)cc5)CC4)[C@@H](CC)C3)c(C)n2)o1. The Labute approximate surface area is 220 Å². The van der Waals surface area contributed by atoms with Crippen LogP contribution >= 0.6 is 0 Å². The Hall–Kier alpha value is -3.04. The predicted octanol–water partition coefficient (Wildman–Crippen LogP) is 4.14. The van der Waals surface area contributed by atoms with E-state index in [4.69, 9.17) is 14.4 Å². The number of likely N-dealkylation sites (tertiary alicyclic amines) is 1. The first kappa shape index (κ1) is 25.6. The number of benzene rings is 1. The van der Waals surface area contributed by atoms with E-state index < -0.39 is 0 Å². The topological polar surface area (TPSA) is 86.5 Å². The molecular formula is C28H40N8O. The Bertz CT molecular complexity index is 1160. The van der Waals surface area contributed by atoms with E-state index in [9.17, 15) is 0 Å². The molecule has 0 spiro atoms. The van der Waals surface area contributed by atoms with Crippen molar-refractivity contribution in [1.82, 2.24) is 30.0 Å². The minimum absolute atomic E-state index is 0.392. The summed E-state index contributed by atoms with van der Waals surface area (Å²) in [5.74, 6) is 1.35. The maximum atomic E-state index is 5.65. The Morgan fingerprint density at radius 2 is 1.78 bits per heavy atom. The number of anilines is 2. The molecule has 9 nitrogen and oxygen atoms in total. The molecule has 1 atom stereocenters. The fourth-order valence-electron chi connectivity index (χ4n) is 5.70. The second-order valence-electron chi connectivity index (χ2n) is 10.3. The summed E-state index contributed by atoms with van der Waals surface area (Å²) in [7, 11) is 0. The molecule has 1 N–H and O–H groups in total. The van der Waals surface area contributed by atoms with Crippen LogP contribution in [0.25, 0.3) is 11.6 Å². The molecule has 2 aromatic heterocycles. The summed E-state index contributed by atoms with van der Waals surface area (Å²) in [6.07, 6.45) is 5.38. The molecular weight excluding hydrogens is 464 g/mol. The van der Waals surface area contributed by atoms with Crippen molar-refractivity contribution >= 4 is 11.8 Å². The van der Waals surface area contributed by atoms with Gasteiger partial charge in [0.15, 0.2) is 0 Å². The number of nitrogens with one attached hydrogen (secondary N) is 1. The van der Waals surface area contributed by atoms with Crippen LogP contribution in [0, 0.1) is 13.8 Å². The number of piperidine rings is 1. The van der Waals surface area contributed by atoms with Gasteiger partial charge in [0.25, 0.3) is 5.89 Å². The molecule has 4 heterocycles. The van der Waals surface area contributed by atoms with Gasteiger partial charge in [-0.15, -0.1) is 5.10 Å². The van der Waals surface area contributed by atoms with Crippen LogP contribution in [0.15, 0.2) is 34.9 Å². The van der Waals surface area contributed by atoms with Crippen molar-refractivity contribution in [3.05, 3.63) is 47.3 Å². The van der Waals surface area contributed by atoms with Crippen LogP contribution in [0.4, 0.5) is 11.8 Å². The van der Waals surface area contributed by atoms with Crippen molar-refractivity contribution in [1.29, 1.82) is 0 Å². The van der Waals surface area contributed by atoms with Gasteiger partial charge in [-0.2, -0.15) is 0 Å². The highest BCUT2D eigenvalue weighted by molar-refractivity contribution is 5.52. The van der Waals surface area contributed by atoms with E-state index in [1.54, 1.807) is 6.20 Å². The number of aromatic nitrogens is 4. The van der Waals surface area contributed by atoms with Crippen LogP contribution in [-0.4, -0.2) is 81.3 Å². The van der Waals surface area contributed by atoms with Gasteiger partial charge < -0.3 is 14.6 Å². The zero-order valence-electron chi connectivity index (χ0n) is 22.7. The van der Waals surface area contributed by atoms with Gasteiger partial charge in [-0.25, -0.2) is 9.97 Å². The van der Waals surface area contributed by atoms with Crippen molar-refractivity contribution in [2.75, 3.05) is 49.5 Å².